The maximum absolute atomic E-state index is 10.9. The van der Waals surface area contributed by atoms with Crippen LogP contribution in [-0.2, 0) is 9.53 Å². The van der Waals surface area contributed by atoms with Crippen LogP contribution in [0, 0.1) is 5.92 Å². The molecule has 3 nitrogen and oxygen atoms in total. The van der Waals surface area contributed by atoms with Gasteiger partial charge in [0.2, 0.25) is 0 Å². The molecule has 0 spiro atoms. The first-order chi connectivity index (χ1) is 4.77. The van der Waals surface area contributed by atoms with Crippen LogP contribution in [0.25, 0.3) is 0 Å². The van der Waals surface area contributed by atoms with Crippen LogP contribution in [-0.4, -0.2) is 24.7 Å². The zero-order valence-corrected chi connectivity index (χ0v) is 5.96. The summed E-state index contributed by atoms with van der Waals surface area (Å²) in [7, 11) is 0. The quantitative estimate of drug-likeness (QED) is 0.554. The third kappa shape index (κ3) is 0.777. The molecule has 0 aliphatic carbocycles. The van der Waals surface area contributed by atoms with Crippen molar-refractivity contribution in [3.63, 3.8) is 0 Å². The molecule has 3 atom stereocenters. The van der Waals surface area contributed by atoms with E-state index in [2.05, 4.69) is 5.32 Å². The first-order valence-corrected chi connectivity index (χ1v) is 3.66. The molecule has 1 N–H and O–H groups in total. The van der Waals surface area contributed by atoms with E-state index in [-0.39, 0.29) is 24.0 Å². The van der Waals surface area contributed by atoms with E-state index in [1.54, 1.807) is 6.92 Å². The van der Waals surface area contributed by atoms with Crippen molar-refractivity contribution in [1.29, 1.82) is 0 Å². The number of ether oxygens (including phenoxy) is 1. The highest BCUT2D eigenvalue weighted by Crippen LogP contribution is 2.30. The molecule has 56 valence electrons. The van der Waals surface area contributed by atoms with Gasteiger partial charge < -0.3 is 4.74 Å². The molecule has 3 heterocycles. The summed E-state index contributed by atoms with van der Waals surface area (Å²) in [6.07, 6.45) is 1.49. The Morgan fingerprint density at radius 1 is 1.70 bits per heavy atom. The largest absolute Gasteiger partial charge is 0.359 e. The first kappa shape index (κ1) is 6.31. The molecule has 3 heteroatoms. The molecule has 0 aromatic heterocycles. The molecule has 0 aromatic carbocycles. The van der Waals surface area contributed by atoms with Crippen molar-refractivity contribution >= 4 is 5.78 Å². The molecule has 10 heavy (non-hydrogen) atoms. The van der Waals surface area contributed by atoms with Gasteiger partial charge in [0.15, 0.2) is 0 Å². The van der Waals surface area contributed by atoms with Gasteiger partial charge in [0.1, 0.15) is 12.0 Å². The minimum atomic E-state index is 0.116. The van der Waals surface area contributed by atoms with Crippen LogP contribution in [0.2, 0.25) is 0 Å². The van der Waals surface area contributed by atoms with Gasteiger partial charge in [-0.25, -0.2) is 0 Å². The summed E-state index contributed by atoms with van der Waals surface area (Å²) in [4.78, 5) is 10.9. The molecule has 3 aliphatic heterocycles. The highest BCUT2D eigenvalue weighted by atomic mass is 16.5. The Morgan fingerprint density at radius 3 is 2.70 bits per heavy atom. The SMILES string of the molecule is CC(=O)C1CN[C@H]2CC1O2. The fourth-order valence-corrected chi connectivity index (χ4v) is 1.60. The molecule has 0 saturated carbocycles. The van der Waals surface area contributed by atoms with E-state index in [0.717, 1.165) is 13.0 Å². The average Bonchev–Trinajstić information content (AvgIpc) is 1.86. The highest BCUT2D eigenvalue weighted by molar-refractivity contribution is 5.79. The van der Waals surface area contributed by atoms with Gasteiger partial charge in [-0.2, -0.15) is 0 Å². The van der Waals surface area contributed by atoms with Crippen molar-refractivity contribution in [2.75, 3.05) is 6.54 Å². The number of nitrogens with one attached hydrogen (secondary N) is 1. The summed E-state index contributed by atoms with van der Waals surface area (Å²) in [5.74, 6) is 0.362. The lowest BCUT2D eigenvalue weighted by atomic mass is 9.88. The average molecular weight is 141 g/mol. The van der Waals surface area contributed by atoms with Gasteiger partial charge in [0.05, 0.1) is 12.0 Å². The summed E-state index contributed by atoms with van der Waals surface area (Å²) in [6.45, 7) is 2.44. The van der Waals surface area contributed by atoms with Crippen LogP contribution in [0.1, 0.15) is 13.3 Å². The standard InChI is InChI=1S/C7H11NO2/c1-4(9)5-3-8-7-2-6(5)10-7/h5-8H,2-3H2,1H3/t5?,6?,7-/m1/s1. The number of carbonyl (C=O) groups is 1. The molecule has 3 rings (SSSR count). The van der Waals surface area contributed by atoms with E-state index in [0.29, 0.717) is 0 Å². The Hall–Kier alpha value is -0.410. The van der Waals surface area contributed by atoms with Gasteiger partial charge in [0.25, 0.3) is 0 Å². The second kappa shape index (κ2) is 2.04. The summed E-state index contributed by atoms with van der Waals surface area (Å²) in [5.41, 5.74) is 0. The van der Waals surface area contributed by atoms with Crippen molar-refractivity contribution in [2.45, 2.75) is 25.7 Å². The monoisotopic (exact) mass is 141 g/mol. The van der Waals surface area contributed by atoms with E-state index in [4.69, 9.17) is 4.74 Å². The maximum Gasteiger partial charge on any atom is 0.136 e. The van der Waals surface area contributed by atoms with Crippen molar-refractivity contribution in [1.82, 2.24) is 5.32 Å². The minimum absolute atomic E-state index is 0.116. The number of ketones is 1. The number of rotatable bonds is 1. The van der Waals surface area contributed by atoms with Crippen LogP contribution >= 0.6 is 0 Å². The topological polar surface area (TPSA) is 38.3 Å². The van der Waals surface area contributed by atoms with Crippen molar-refractivity contribution in [3.05, 3.63) is 0 Å². The second-order valence-corrected chi connectivity index (χ2v) is 3.02. The van der Waals surface area contributed by atoms with E-state index < -0.39 is 0 Å². The minimum Gasteiger partial charge on any atom is -0.359 e. The molecule has 0 amide bonds. The van der Waals surface area contributed by atoms with Crippen LogP contribution in [0.4, 0.5) is 0 Å². The maximum atomic E-state index is 10.9. The third-order valence-electron chi connectivity index (χ3n) is 2.32. The van der Waals surface area contributed by atoms with Crippen molar-refractivity contribution in [2.24, 2.45) is 5.92 Å². The van der Waals surface area contributed by atoms with Gasteiger partial charge in [-0.3, -0.25) is 10.1 Å². The lowest BCUT2D eigenvalue weighted by Gasteiger charge is -2.46. The molecule has 3 saturated heterocycles. The molecule has 0 aromatic rings. The number of Topliss-reactive ketones (excluding diaryl/α,β-unsaturated/α-hetero) is 1. The molecule has 2 bridgehead atoms. The Bertz CT molecular complexity index is 160. The predicted octanol–water partition coefficient (Wildman–Crippen LogP) is -0.0902. The lowest BCUT2D eigenvalue weighted by molar-refractivity contribution is -0.195. The molecule has 2 unspecified atom stereocenters. The van der Waals surface area contributed by atoms with Gasteiger partial charge in [0, 0.05) is 13.0 Å². The normalized spacial score (nSPS) is 44.3. The Labute approximate surface area is 59.7 Å². The van der Waals surface area contributed by atoms with Crippen LogP contribution in [0.15, 0.2) is 0 Å². The summed E-state index contributed by atoms with van der Waals surface area (Å²) >= 11 is 0. The van der Waals surface area contributed by atoms with E-state index >= 15 is 0 Å². The van der Waals surface area contributed by atoms with E-state index in [1.165, 1.54) is 0 Å². The zero-order chi connectivity index (χ0) is 7.14. The number of fused-ring (bicyclic) bond motifs is 2. The molecular formula is C7H11NO2. The van der Waals surface area contributed by atoms with Gasteiger partial charge in [-0.1, -0.05) is 0 Å². The molecule has 0 radical (unpaired) electrons. The Morgan fingerprint density at radius 2 is 2.40 bits per heavy atom. The van der Waals surface area contributed by atoms with E-state index in [9.17, 15) is 4.79 Å². The fraction of sp³-hybridized carbons (Fsp3) is 0.857. The second-order valence-electron chi connectivity index (χ2n) is 3.02. The Balaban J connectivity index is 2.02. The molecular weight excluding hydrogens is 130 g/mol. The highest BCUT2D eigenvalue weighted by Gasteiger charge is 2.42. The summed E-state index contributed by atoms with van der Waals surface area (Å²) < 4.78 is 5.32. The van der Waals surface area contributed by atoms with Crippen LogP contribution in [0.3, 0.4) is 0 Å². The zero-order valence-electron chi connectivity index (χ0n) is 5.96. The van der Waals surface area contributed by atoms with Crippen LogP contribution in [0.5, 0.6) is 0 Å². The number of hydrogen-bond acceptors (Lipinski definition) is 3. The predicted molar refractivity (Wildman–Crippen MR) is 35.5 cm³/mol. The van der Waals surface area contributed by atoms with Crippen molar-refractivity contribution < 1.29 is 9.53 Å². The number of carbonyl (C=O) groups excluding carboxylic acids is 1. The lowest BCUT2D eigenvalue weighted by Crippen LogP contribution is -2.60. The van der Waals surface area contributed by atoms with Gasteiger partial charge >= 0.3 is 0 Å². The third-order valence-corrected chi connectivity index (χ3v) is 2.32. The van der Waals surface area contributed by atoms with Crippen LogP contribution < -0.4 is 5.32 Å². The van der Waals surface area contributed by atoms with Gasteiger partial charge in [-0.15, -0.1) is 0 Å². The van der Waals surface area contributed by atoms with E-state index in [1.807, 2.05) is 0 Å². The Kier molecular flexibility index (Phi) is 1.28. The molecule has 3 aliphatic rings. The number of hydrogen-bond donors (Lipinski definition) is 1. The van der Waals surface area contributed by atoms with Crippen molar-refractivity contribution in [3.8, 4) is 0 Å². The molecule has 3 fully saturated rings. The number of piperidine rings is 1. The van der Waals surface area contributed by atoms with Gasteiger partial charge in [-0.05, 0) is 6.92 Å². The smallest absolute Gasteiger partial charge is 0.136 e. The summed E-state index contributed by atoms with van der Waals surface area (Å²) in [6, 6.07) is 0. The fourth-order valence-electron chi connectivity index (χ4n) is 1.60. The first-order valence-electron chi connectivity index (χ1n) is 3.66. The summed E-state index contributed by atoms with van der Waals surface area (Å²) in [5, 5.41) is 3.14.